The predicted molar refractivity (Wildman–Crippen MR) is 68.3 cm³/mol. The van der Waals surface area contributed by atoms with Crippen molar-refractivity contribution in [3.8, 4) is 0 Å². The lowest BCUT2D eigenvalue weighted by Gasteiger charge is -2.29. The number of hydrogen-bond acceptors (Lipinski definition) is 1. The maximum Gasteiger partial charge on any atom is 0.128 e. The molecule has 1 saturated carbocycles. The van der Waals surface area contributed by atoms with Crippen LogP contribution in [0.2, 0.25) is 5.02 Å². The summed E-state index contributed by atoms with van der Waals surface area (Å²) < 4.78 is 14.7. The van der Waals surface area contributed by atoms with Crippen LogP contribution in [0.4, 0.5) is 4.39 Å². The van der Waals surface area contributed by atoms with Crippen molar-refractivity contribution in [1.82, 2.24) is 0 Å². The summed E-state index contributed by atoms with van der Waals surface area (Å²) in [6.45, 7) is 0.458. The van der Waals surface area contributed by atoms with Crippen LogP contribution >= 0.6 is 27.5 Å². The molecule has 0 spiro atoms. The maximum absolute atomic E-state index is 14.0. The van der Waals surface area contributed by atoms with Crippen LogP contribution in [0, 0.1) is 5.82 Å². The Hall–Kier alpha value is -0.120. The number of halogens is 3. The van der Waals surface area contributed by atoms with Crippen LogP contribution in [-0.2, 0) is 5.41 Å². The fourth-order valence-electron chi connectivity index (χ4n) is 2.62. The Bertz CT molecular complexity index is 402. The van der Waals surface area contributed by atoms with Crippen LogP contribution in [0.25, 0.3) is 0 Å². The Morgan fingerprint density at radius 3 is 2.56 bits per heavy atom. The van der Waals surface area contributed by atoms with Crippen LogP contribution in [-0.4, -0.2) is 6.54 Å². The average molecular weight is 307 g/mol. The molecule has 0 heterocycles. The van der Waals surface area contributed by atoms with Crippen molar-refractivity contribution >= 4 is 27.5 Å². The Morgan fingerprint density at radius 1 is 1.38 bits per heavy atom. The summed E-state index contributed by atoms with van der Waals surface area (Å²) >= 11 is 9.55. The van der Waals surface area contributed by atoms with Crippen LogP contribution in [0.3, 0.4) is 0 Å². The molecule has 1 aliphatic carbocycles. The van der Waals surface area contributed by atoms with Crippen molar-refractivity contribution in [3.63, 3.8) is 0 Å². The van der Waals surface area contributed by atoms with E-state index in [0.29, 0.717) is 17.1 Å². The van der Waals surface area contributed by atoms with Gasteiger partial charge in [-0.3, -0.25) is 0 Å². The molecule has 0 amide bonds. The summed E-state index contributed by atoms with van der Waals surface area (Å²) in [5.74, 6) is -0.236. The molecule has 0 atom stereocenters. The third kappa shape index (κ3) is 1.89. The topological polar surface area (TPSA) is 26.0 Å². The first kappa shape index (κ1) is 12.3. The Labute approximate surface area is 108 Å². The van der Waals surface area contributed by atoms with Crippen LogP contribution in [0.15, 0.2) is 16.6 Å². The minimum Gasteiger partial charge on any atom is -0.330 e. The highest BCUT2D eigenvalue weighted by molar-refractivity contribution is 9.10. The van der Waals surface area contributed by atoms with Gasteiger partial charge in [0.15, 0.2) is 0 Å². The lowest BCUT2D eigenvalue weighted by Crippen LogP contribution is -2.33. The van der Waals surface area contributed by atoms with Gasteiger partial charge in [-0.1, -0.05) is 24.4 Å². The first-order chi connectivity index (χ1) is 7.60. The van der Waals surface area contributed by atoms with E-state index in [1.807, 2.05) is 0 Å². The fourth-order valence-corrected chi connectivity index (χ4v) is 3.31. The fraction of sp³-hybridized carbons (Fsp3) is 0.500. The molecular formula is C12H14BrClFN. The molecule has 4 heteroatoms. The third-order valence-corrected chi connectivity index (χ3v) is 4.81. The highest BCUT2D eigenvalue weighted by Crippen LogP contribution is 2.45. The van der Waals surface area contributed by atoms with E-state index in [4.69, 9.17) is 17.3 Å². The summed E-state index contributed by atoms with van der Waals surface area (Å²) in [7, 11) is 0. The van der Waals surface area contributed by atoms with Crippen molar-refractivity contribution in [2.75, 3.05) is 6.54 Å². The molecule has 0 saturated heterocycles. The number of nitrogens with two attached hydrogens (primary N) is 1. The molecule has 1 fully saturated rings. The van der Waals surface area contributed by atoms with E-state index in [2.05, 4.69) is 15.9 Å². The molecule has 0 unspecified atom stereocenters. The van der Waals surface area contributed by atoms with Gasteiger partial charge in [-0.2, -0.15) is 0 Å². The summed E-state index contributed by atoms with van der Waals surface area (Å²) in [4.78, 5) is 0. The highest BCUT2D eigenvalue weighted by atomic mass is 79.9. The largest absolute Gasteiger partial charge is 0.330 e. The van der Waals surface area contributed by atoms with Gasteiger partial charge in [0.05, 0.1) is 5.02 Å². The molecule has 0 aliphatic heterocycles. The Kier molecular flexibility index (Phi) is 3.57. The van der Waals surface area contributed by atoms with Gasteiger partial charge in [-0.05, 0) is 40.9 Å². The van der Waals surface area contributed by atoms with Gasteiger partial charge < -0.3 is 5.73 Å². The number of benzene rings is 1. The predicted octanol–water partition coefficient (Wildman–Crippen LogP) is 4.01. The van der Waals surface area contributed by atoms with E-state index < -0.39 is 0 Å². The van der Waals surface area contributed by atoms with Gasteiger partial charge in [-0.25, -0.2) is 4.39 Å². The molecule has 1 nitrogen and oxygen atoms in total. The first-order valence-corrected chi connectivity index (χ1v) is 6.62. The lowest BCUT2D eigenvalue weighted by atomic mass is 9.78. The molecule has 88 valence electrons. The van der Waals surface area contributed by atoms with E-state index in [0.717, 1.165) is 30.2 Å². The van der Waals surface area contributed by atoms with Gasteiger partial charge in [0, 0.05) is 22.0 Å². The van der Waals surface area contributed by atoms with Crippen molar-refractivity contribution in [3.05, 3.63) is 33.0 Å². The minimum atomic E-state index is -0.259. The number of hydrogen-bond donors (Lipinski definition) is 1. The molecule has 0 radical (unpaired) electrons. The van der Waals surface area contributed by atoms with E-state index in [9.17, 15) is 4.39 Å². The maximum atomic E-state index is 14.0. The number of rotatable bonds is 2. The van der Waals surface area contributed by atoms with Crippen LogP contribution in [0.1, 0.15) is 31.2 Å². The summed E-state index contributed by atoms with van der Waals surface area (Å²) in [5.41, 5.74) is 6.19. The van der Waals surface area contributed by atoms with Crippen molar-refractivity contribution < 1.29 is 4.39 Å². The van der Waals surface area contributed by atoms with E-state index in [-0.39, 0.29) is 11.2 Å². The minimum absolute atomic E-state index is 0.236. The molecule has 1 aromatic carbocycles. The van der Waals surface area contributed by atoms with Gasteiger partial charge in [0.2, 0.25) is 0 Å². The summed E-state index contributed by atoms with van der Waals surface area (Å²) in [6.07, 6.45) is 4.05. The SMILES string of the molecule is NCC1(c2c(F)ccc(Br)c2Cl)CCCC1. The highest BCUT2D eigenvalue weighted by Gasteiger charge is 2.38. The molecular weight excluding hydrogens is 292 g/mol. The van der Waals surface area contributed by atoms with Gasteiger partial charge in [-0.15, -0.1) is 0 Å². The molecule has 1 aliphatic rings. The lowest BCUT2D eigenvalue weighted by molar-refractivity contribution is 0.427. The normalized spacial score (nSPS) is 19.0. The van der Waals surface area contributed by atoms with Gasteiger partial charge >= 0.3 is 0 Å². The van der Waals surface area contributed by atoms with Crippen LogP contribution in [0.5, 0.6) is 0 Å². The summed E-state index contributed by atoms with van der Waals surface area (Å²) in [5, 5.41) is 0.479. The second-order valence-corrected chi connectivity index (χ2v) is 5.64. The smallest absolute Gasteiger partial charge is 0.128 e. The standard InChI is InChI=1S/C12H14BrClFN/c13-8-3-4-9(15)10(11(8)14)12(7-16)5-1-2-6-12/h3-4H,1-2,5-7,16H2. The third-order valence-electron chi connectivity index (χ3n) is 3.53. The molecule has 0 bridgehead atoms. The average Bonchev–Trinajstić information content (AvgIpc) is 2.74. The van der Waals surface area contributed by atoms with Gasteiger partial charge in [0.1, 0.15) is 5.82 Å². The second-order valence-electron chi connectivity index (χ2n) is 4.41. The Balaban J connectivity index is 2.57. The monoisotopic (exact) mass is 305 g/mol. The Morgan fingerprint density at radius 2 is 2.00 bits per heavy atom. The summed E-state index contributed by atoms with van der Waals surface area (Å²) in [6, 6.07) is 3.10. The van der Waals surface area contributed by atoms with E-state index in [1.165, 1.54) is 6.07 Å². The molecule has 2 rings (SSSR count). The van der Waals surface area contributed by atoms with E-state index >= 15 is 0 Å². The van der Waals surface area contributed by atoms with Crippen molar-refractivity contribution in [1.29, 1.82) is 0 Å². The first-order valence-electron chi connectivity index (χ1n) is 5.45. The van der Waals surface area contributed by atoms with Crippen molar-refractivity contribution in [2.24, 2.45) is 5.73 Å². The molecule has 16 heavy (non-hydrogen) atoms. The zero-order valence-corrected chi connectivity index (χ0v) is 11.2. The quantitative estimate of drug-likeness (QED) is 0.821. The van der Waals surface area contributed by atoms with Crippen LogP contribution < -0.4 is 5.73 Å². The van der Waals surface area contributed by atoms with Gasteiger partial charge in [0.25, 0.3) is 0 Å². The van der Waals surface area contributed by atoms with E-state index in [1.54, 1.807) is 6.07 Å². The second kappa shape index (κ2) is 4.63. The molecule has 2 N–H and O–H groups in total. The zero-order valence-electron chi connectivity index (χ0n) is 8.90. The van der Waals surface area contributed by atoms with Crippen molar-refractivity contribution in [2.45, 2.75) is 31.1 Å². The molecule has 0 aromatic heterocycles. The zero-order chi connectivity index (χ0) is 11.8. The molecule has 1 aromatic rings.